The van der Waals surface area contributed by atoms with Crippen LogP contribution in [-0.2, 0) is 9.59 Å². The molecule has 1 rings (SSSR count). The van der Waals surface area contributed by atoms with Crippen LogP contribution in [0.15, 0.2) is 28.7 Å². The van der Waals surface area contributed by atoms with Crippen molar-refractivity contribution in [1.29, 1.82) is 0 Å². The Bertz CT molecular complexity index is 431. The molecule has 0 aliphatic carbocycles. The molecule has 5 heteroatoms. The average Bonchev–Trinajstić information content (AvgIpc) is 2.36. The maximum Gasteiger partial charge on any atom is 0.305 e. The van der Waals surface area contributed by atoms with Crippen LogP contribution in [0.1, 0.15) is 44.2 Å². The van der Waals surface area contributed by atoms with Gasteiger partial charge in [0.05, 0.1) is 12.5 Å². The van der Waals surface area contributed by atoms with Crippen molar-refractivity contribution in [3.8, 4) is 0 Å². The standard InChI is InChI=1S/C14H18BrNO3/c1-2-3-4-13(17)16-12(9-14(18)19)10-5-7-11(15)8-6-10/h5-8,12H,2-4,9H2,1H3,(H,16,17)(H,18,19). The van der Waals surface area contributed by atoms with Gasteiger partial charge in [0.15, 0.2) is 0 Å². The number of rotatable bonds is 7. The third-order valence-corrected chi connectivity index (χ3v) is 3.27. The van der Waals surface area contributed by atoms with Gasteiger partial charge in [0.2, 0.25) is 5.91 Å². The molecule has 0 fully saturated rings. The molecule has 0 bridgehead atoms. The lowest BCUT2D eigenvalue weighted by Gasteiger charge is -2.17. The number of carbonyl (C=O) groups is 2. The topological polar surface area (TPSA) is 66.4 Å². The molecular formula is C14H18BrNO3. The van der Waals surface area contributed by atoms with Gasteiger partial charge in [-0.05, 0) is 24.1 Å². The Morgan fingerprint density at radius 2 is 1.95 bits per heavy atom. The molecule has 2 N–H and O–H groups in total. The monoisotopic (exact) mass is 327 g/mol. The van der Waals surface area contributed by atoms with E-state index in [-0.39, 0.29) is 12.3 Å². The van der Waals surface area contributed by atoms with Gasteiger partial charge in [-0.15, -0.1) is 0 Å². The molecule has 1 atom stereocenters. The summed E-state index contributed by atoms with van der Waals surface area (Å²) in [6.07, 6.45) is 2.07. The minimum absolute atomic E-state index is 0.101. The number of hydrogen-bond donors (Lipinski definition) is 2. The second-order valence-electron chi connectivity index (χ2n) is 4.37. The molecule has 1 aromatic carbocycles. The first-order valence-corrected chi connectivity index (χ1v) is 7.09. The smallest absolute Gasteiger partial charge is 0.305 e. The number of carbonyl (C=O) groups excluding carboxylic acids is 1. The summed E-state index contributed by atoms with van der Waals surface area (Å²) in [5.41, 5.74) is 0.801. The van der Waals surface area contributed by atoms with Gasteiger partial charge in [0, 0.05) is 10.9 Å². The highest BCUT2D eigenvalue weighted by Gasteiger charge is 2.17. The summed E-state index contributed by atoms with van der Waals surface area (Å²) in [5.74, 6) is -1.03. The van der Waals surface area contributed by atoms with Crippen molar-refractivity contribution in [2.45, 2.75) is 38.6 Å². The van der Waals surface area contributed by atoms with Crippen LogP contribution in [0.5, 0.6) is 0 Å². The van der Waals surface area contributed by atoms with Gasteiger partial charge in [0.1, 0.15) is 0 Å². The van der Waals surface area contributed by atoms with Crippen LogP contribution in [0.2, 0.25) is 0 Å². The number of carboxylic acid groups (broad SMARTS) is 1. The number of hydrogen-bond acceptors (Lipinski definition) is 2. The van der Waals surface area contributed by atoms with Crippen molar-refractivity contribution in [3.05, 3.63) is 34.3 Å². The molecule has 4 nitrogen and oxygen atoms in total. The van der Waals surface area contributed by atoms with Crippen molar-refractivity contribution in [3.63, 3.8) is 0 Å². The molecule has 0 aromatic heterocycles. The number of aliphatic carboxylic acids is 1. The number of carboxylic acids is 1. The van der Waals surface area contributed by atoms with Gasteiger partial charge >= 0.3 is 5.97 Å². The van der Waals surface area contributed by atoms with Crippen LogP contribution in [-0.4, -0.2) is 17.0 Å². The zero-order valence-corrected chi connectivity index (χ0v) is 12.4. The minimum Gasteiger partial charge on any atom is -0.481 e. The number of halogens is 1. The third kappa shape index (κ3) is 5.87. The van der Waals surface area contributed by atoms with Crippen LogP contribution in [0.25, 0.3) is 0 Å². The second-order valence-corrected chi connectivity index (χ2v) is 5.29. The minimum atomic E-state index is -0.927. The SMILES string of the molecule is CCCCC(=O)NC(CC(=O)O)c1ccc(Br)cc1. The first-order chi connectivity index (χ1) is 9.02. The quantitative estimate of drug-likeness (QED) is 0.807. The fraction of sp³-hybridized carbons (Fsp3) is 0.429. The molecule has 104 valence electrons. The van der Waals surface area contributed by atoms with Crippen molar-refractivity contribution in [2.24, 2.45) is 0 Å². The van der Waals surface area contributed by atoms with E-state index in [0.717, 1.165) is 22.9 Å². The molecule has 0 spiro atoms. The molecular weight excluding hydrogens is 310 g/mol. The van der Waals surface area contributed by atoms with E-state index in [1.807, 2.05) is 31.2 Å². The van der Waals surface area contributed by atoms with Gasteiger partial charge in [0.25, 0.3) is 0 Å². The van der Waals surface area contributed by atoms with E-state index in [1.165, 1.54) is 0 Å². The summed E-state index contributed by atoms with van der Waals surface area (Å²) in [5, 5.41) is 11.7. The molecule has 1 unspecified atom stereocenters. The molecule has 0 radical (unpaired) electrons. The molecule has 0 saturated carbocycles. The van der Waals surface area contributed by atoms with Crippen molar-refractivity contribution < 1.29 is 14.7 Å². The van der Waals surface area contributed by atoms with Crippen LogP contribution in [0.4, 0.5) is 0 Å². The lowest BCUT2D eigenvalue weighted by atomic mass is 10.0. The van der Waals surface area contributed by atoms with Crippen molar-refractivity contribution in [1.82, 2.24) is 5.32 Å². The highest BCUT2D eigenvalue weighted by atomic mass is 79.9. The van der Waals surface area contributed by atoms with E-state index < -0.39 is 12.0 Å². The van der Waals surface area contributed by atoms with E-state index in [0.29, 0.717) is 6.42 Å². The van der Waals surface area contributed by atoms with E-state index in [1.54, 1.807) is 0 Å². The second kappa shape index (κ2) is 7.94. The number of nitrogens with one attached hydrogen (secondary N) is 1. The van der Waals surface area contributed by atoms with Gasteiger partial charge in [-0.25, -0.2) is 0 Å². The van der Waals surface area contributed by atoms with Gasteiger partial charge < -0.3 is 10.4 Å². The van der Waals surface area contributed by atoms with Gasteiger partial charge in [-0.2, -0.15) is 0 Å². The zero-order chi connectivity index (χ0) is 14.3. The molecule has 0 aliphatic heterocycles. The van der Waals surface area contributed by atoms with Crippen molar-refractivity contribution in [2.75, 3.05) is 0 Å². The van der Waals surface area contributed by atoms with Gasteiger partial charge in [-0.3, -0.25) is 9.59 Å². The summed E-state index contributed by atoms with van der Waals surface area (Å²) in [6.45, 7) is 2.01. The lowest BCUT2D eigenvalue weighted by molar-refractivity contribution is -0.137. The Morgan fingerprint density at radius 3 is 2.47 bits per heavy atom. The number of unbranched alkanes of at least 4 members (excludes halogenated alkanes) is 1. The van der Waals surface area contributed by atoms with Gasteiger partial charge in [-0.1, -0.05) is 41.4 Å². The van der Waals surface area contributed by atoms with Crippen LogP contribution >= 0.6 is 15.9 Å². The summed E-state index contributed by atoms with van der Waals surface area (Å²) in [7, 11) is 0. The highest BCUT2D eigenvalue weighted by Crippen LogP contribution is 2.20. The average molecular weight is 328 g/mol. The summed E-state index contributed by atoms with van der Waals surface area (Å²) < 4.78 is 0.919. The maximum atomic E-state index is 11.7. The number of amides is 1. The third-order valence-electron chi connectivity index (χ3n) is 2.74. The first-order valence-electron chi connectivity index (χ1n) is 6.29. The molecule has 0 saturated heterocycles. The van der Waals surface area contributed by atoms with Crippen LogP contribution in [0.3, 0.4) is 0 Å². The van der Waals surface area contributed by atoms with Crippen LogP contribution < -0.4 is 5.32 Å². The highest BCUT2D eigenvalue weighted by molar-refractivity contribution is 9.10. The molecule has 0 aliphatic rings. The zero-order valence-electron chi connectivity index (χ0n) is 10.9. The molecule has 1 amide bonds. The lowest BCUT2D eigenvalue weighted by Crippen LogP contribution is -2.29. The molecule has 19 heavy (non-hydrogen) atoms. The van der Waals surface area contributed by atoms with E-state index in [4.69, 9.17) is 5.11 Å². The molecule has 1 aromatic rings. The summed E-state index contributed by atoms with van der Waals surface area (Å²) in [4.78, 5) is 22.6. The summed E-state index contributed by atoms with van der Waals surface area (Å²) in [6, 6.07) is 6.83. The fourth-order valence-electron chi connectivity index (χ4n) is 1.73. The predicted molar refractivity (Wildman–Crippen MR) is 76.8 cm³/mol. The number of benzene rings is 1. The fourth-order valence-corrected chi connectivity index (χ4v) is 1.99. The van der Waals surface area contributed by atoms with Crippen molar-refractivity contribution >= 4 is 27.8 Å². The Balaban J connectivity index is 2.74. The largest absolute Gasteiger partial charge is 0.481 e. The van der Waals surface area contributed by atoms with Crippen LogP contribution in [0, 0.1) is 0 Å². The Hall–Kier alpha value is -1.36. The summed E-state index contributed by atoms with van der Waals surface area (Å²) >= 11 is 3.33. The first kappa shape index (κ1) is 15.7. The normalized spacial score (nSPS) is 11.9. The predicted octanol–water partition coefficient (Wildman–Crippen LogP) is 3.27. The van der Waals surface area contributed by atoms with E-state index in [2.05, 4.69) is 21.2 Å². The Kier molecular flexibility index (Phi) is 6.56. The Morgan fingerprint density at radius 1 is 1.32 bits per heavy atom. The van der Waals surface area contributed by atoms with E-state index >= 15 is 0 Å². The maximum absolute atomic E-state index is 11.7. The van der Waals surface area contributed by atoms with E-state index in [9.17, 15) is 9.59 Å². The Labute approximate surface area is 121 Å². The molecule has 0 heterocycles.